The SMILES string of the molecule is Cn1c(=O)cc(NC2CC2)c2cc(N)ccc21. The molecule has 0 bridgehead atoms. The number of aryl methyl sites for hydroxylation is 1. The fourth-order valence-corrected chi connectivity index (χ4v) is 2.05. The maximum atomic E-state index is 11.8. The molecule has 4 nitrogen and oxygen atoms in total. The molecule has 0 spiro atoms. The molecule has 1 heterocycles. The molecule has 0 unspecified atom stereocenters. The molecule has 3 N–H and O–H groups in total. The molecule has 17 heavy (non-hydrogen) atoms. The van der Waals surface area contributed by atoms with Gasteiger partial charge in [0.2, 0.25) is 0 Å². The van der Waals surface area contributed by atoms with Crippen molar-refractivity contribution in [2.75, 3.05) is 11.1 Å². The van der Waals surface area contributed by atoms with Crippen molar-refractivity contribution in [1.29, 1.82) is 0 Å². The number of nitrogens with two attached hydrogens (primary N) is 1. The van der Waals surface area contributed by atoms with Gasteiger partial charge in [0, 0.05) is 35.9 Å². The van der Waals surface area contributed by atoms with Gasteiger partial charge < -0.3 is 15.6 Å². The Morgan fingerprint density at radius 2 is 2.12 bits per heavy atom. The lowest BCUT2D eigenvalue weighted by molar-refractivity contribution is 0.905. The molecule has 88 valence electrons. The van der Waals surface area contributed by atoms with Gasteiger partial charge in [0.15, 0.2) is 0 Å². The third kappa shape index (κ3) is 1.75. The first-order valence-electron chi connectivity index (χ1n) is 5.81. The summed E-state index contributed by atoms with van der Waals surface area (Å²) < 4.78 is 1.65. The highest BCUT2D eigenvalue weighted by atomic mass is 16.1. The molecule has 0 radical (unpaired) electrons. The number of nitrogens with zero attached hydrogens (tertiary/aromatic N) is 1. The standard InChI is InChI=1S/C13H15N3O/c1-16-12-5-2-8(14)6-10(12)11(7-13(16)17)15-9-3-4-9/h2,5-7,9,15H,3-4,14H2,1H3. The van der Waals surface area contributed by atoms with Crippen LogP contribution in [0.1, 0.15) is 12.8 Å². The van der Waals surface area contributed by atoms with E-state index in [1.54, 1.807) is 17.7 Å². The van der Waals surface area contributed by atoms with E-state index in [9.17, 15) is 4.79 Å². The molecule has 0 amide bonds. The Balaban J connectivity index is 2.28. The maximum Gasteiger partial charge on any atom is 0.252 e. The van der Waals surface area contributed by atoms with Crippen molar-refractivity contribution in [3.05, 3.63) is 34.6 Å². The summed E-state index contributed by atoms with van der Waals surface area (Å²) in [6.45, 7) is 0. The first-order valence-corrected chi connectivity index (χ1v) is 5.81. The van der Waals surface area contributed by atoms with Crippen LogP contribution >= 0.6 is 0 Å². The summed E-state index contributed by atoms with van der Waals surface area (Å²) in [4.78, 5) is 11.8. The van der Waals surface area contributed by atoms with E-state index >= 15 is 0 Å². The topological polar surface area (TPSA) is 60.0 Å². The largest absolute Gasteiger partial charge is 0.399 e. The van der Waals surface area contributed by atoms with E-state index in [1.165, 1.54) is 12.8 Å². The van der Waals surface area contributed by atoms with Gasteiger partial charge in [-0.25, -0.2) is 0 Å². The number of rotatable bonds is 2. The van der Waals surface area contributed by atoms with Gasteiger partial charge in [-0.2, -0.15) is 0 Å². The van der Waals surface area contributed by atoms with E-state index in [0.717, 1.165) is 22.3 Å². The number of fused-ring (bicyclic) bond motifs is 1. The number of aromatic nitrogens is 1. The zero-order chi connectivity index (χ0) is 12.0. The summed E-state index contributed by atoms with van der Waals surface area (Å²) in [6.07, 6.45) is 2.36. The highest BCUT2D eigenvalue weighted by Crippen LogP contribution is 2.29. The van der Waals surface area contributed by atoms with E-state index in [0.29, 0.717) is 6.04 Å². The summed E-state index contributed by atoms with van der Waals surface area (Å²) in [7, 11) is 1.78. The van der Waals surface area contributed by atoms with E-state index < -0.39 is 0 Å². The Bertz CT molecular complexity index is 641. The molecule has 1 aromatic heterocycles. The molecule has 1 aromatic carbocycles. The lowest BCUT2D eigenvalue weighted by atomic mass is 10.1. The first kappa shape index (κ1) is 10.2. The molecule has 1 saturated carbocycles. The number of nitrogens with one attached hydrogen (secondary N) is 1. The van der Waals surface area contributed by atoms with Gasteiger partial charge in [-0.1, -0.05) is 0 Å². The van der Waals surface area contributed by atoms with Crippen molar-refractivity contribution < 1.29 is 0 Å². The van der Waals surface area contributed by atoms with Crippen LogP contribution in [0.15, 0.2) is 29.1 Å². The minimum atomic E-state index is 0.00502. The fourth-order valence-electron chi connectivity index (χ4n) is 2.05. The molecule has 1 aliphatic carbocycles. The Kier molecular flexibility index (Phi) is 2.11. The van der Waals surface area contributed by atoms with Gasteiger partial charge in [0.25, 0.3) is 5.56 Å². The number of hydrogen-bond donors (Lipinski definition) is 2. The van der Waals surface area contributed by atoms with Crippen LogP contribution in [0.2, 0.25) is 0 Å². The van der Waals surface area contributed by atoms with Crippen LogP contribution in [-0.4, -0.2) is 10.6 Å². The van der Waals surface area contributed by atoms with Crippen molar-refractivity contribution in [2.45, 2.75) is 18.9 Å². The number of anilines is 2. The fraction of sp³-hybridized carbons (Fsp3) is 0.308. The van der Waals surface area contributed by atoms with Gasteiger partial charge in [-0.3, -0.25) is 4.79 Å². The Hall–Kier alpha value is -1.97. The Labute approximate surface area is 99.0 Å². The highest BCUT2D eigenvalue weighted by molar-refractivity contribution is 5.93. The molecule has 0 saturated heterocycles. The number of hydrogen-bond acceptors (Lipinski definition) is 3. The average molecular weight is 229 g/mol. The number of benzene rings is 1. The van der Waals surface area contributed by atoms with E-state index in [-0.39, 0.29) is 5.56 Å². The zero-order valence-electron chi connectivity index (χ0n) is 9.73. The van der Waals surface area contributed by atoms with E-state index in [1.807, 2.05) is 18.2 Å². The highest BCUT2D eigenvalue weighted by Gasteiger charge is 2.22. The van der Waals surface area contributed by atoms with Crippen LogP contribution in [0.3, 0.4) is 0 Å². The minimum absolute atomic E-state index is 0.00502. The summed E-state index contributed by atoms with van der Waals surface area (Å²) in [5.74, 6) is 0. The van der Waals surface area contributed by atoms with E-state index in [4.69, 9.17) is 5.73 Å². The van der Waals surface area contributed by atoms with Crippen LogP contribution in [0, 0.1) is 0 Å². The lowest BCUT2D eigenvalue weighted by Crippen LogP contribution is -2.18. The summed E-state index contributed by atoms with van der Waals surface area (Å²) in [5.41, 5.74) is 8.35. The molecular weight excluding hydrogens is 214 g/mol. The smallest absolute Gasteiger partial charge is 0.252 e. The van der Waals surface area contributed by atoms with Crippen molar-refractivity contribution in [3.63, 3.8) is 0 Å². The molecular formula is C13H15N3O. The second kappa shape index (κ2) is 3.52. The Morgan fingerprint density at radius 3 is 2.82 bits per heavy atom. The Morgan fingerprint density at radius 1 is 1.35 bits per heavy atom. The van der Waals surface area contributed by atoms with Crippen LogP contribution in [0.5, 0.6) is 0 Å². The zero-order valence-corrected chi connectivity index (χ0v) is 9.73. The van der Waals surface area contributed by atoms with Crippen molar-refractivity contribution >= 4 is 22.3 Å². The predicted molar refractivity (Wildman–Crippen MR) is 70.2 cm³/mol. The van der Waals surface area contributed by atoms with Crippen molar-refractivity contribution in [1.82, 2.24) is 4.57 Å². The summed E-state index contributed by atoms with van der Waals surface area (Å²) >= 11 is 0. The quantitative estimate of drug-likeness (QED) is 0.770. The summed E-state index contributed by atoms with van der Waals surface area (Å²) in [6, 6.07) is 7.80. The molecule has 2 aromatic rings. The minimum Gasteiger partial charge on any atom is -0.399 e. The third-order valence-corrected chi connectivity index (χ3v) is 3.21. The lowest BCUT2D eigenvalue weighted by Gasteiger charge is -2.12. The van der Waals surface area contributed by atoms with Gasteiger partial charge in [-0.15, -0.1) is 0 Å². The normalized spacial score (nSPS) is 15.1. The second-order valence-corrected chi connectivity index (χ2v) is 4.65. The second-order valence-electron chi connectivity index (χ2n) is 4.65. The average Bonchev–Trinajstić information content (AvgIpc) is 3.09. The molecule has 1 aliphatic rings. The van der Waals surface area contributed by atoms with Gasteiger partial charge in [0.05, 0.1) is 5.52 Å². The van der Waals surface area contributed by atoms with Crippen molar-refractivity contribution in [2.24, 2.45) is 7.05 Å². The monoisotopic (exact) mass is 229 g/mol. The molecule has 0 aliphatic heterocycles. The van der Waals surface area contributed by atoms with E-state index in [2.05, 4.69) is 5.32 Å². The maximum absolute atomic E-state index is 11.8. The first-order chi connectivity index (χ1) is 8.15. The molecule has 3 rings (SSSR count). The van der Waals surface area contributed by atoms with Crippen LogP contribution in [-0.2, 0) is 7.05 Å². The third-order valence-electron chi connectivity index (χ3n) is 3.21. The molecule has 4 heteroatoms. The van der Waals surface area contributed by atoms with Crippen LogP contribution < -0.4 is 16.6 Å². The molecule has 1 fully saturated rings. The van der Waals surface area contributed by atoms with Gasteiger partial charge >= 0.3 is 0 Å². The predicted octanol–water partition coefficient (Wildman–Crippen LogP) is 1.69. The number of nitrogen functional groups attached to an aromatic ring is 1. The van der Waals surface area contributed by atoms with Crippen molar-refractivity contribution in [3.8, 4) is 0 Å². The molecule has 0 atom stereocenters. The van der Waals surface area contributed by atoms with Crippen LogP contribution in [0.4, 0.5) is 11.4 Å². The summed E-state index contributed by atoms with van der Waals surface area (Å²) in [5, 5.41) is 4.40. The van der Waals surface area contributed by atoms with Gasteiger partial charge in [0.1, 0.15) is 0 Å². The van der Waals surface area contributed by atoms with Crippen LogP contribution in [0.25, 0.3) is 10.9 Å². The van der Waals surface area contributed by atoms with Gasteiger partial charge in [-0.05, 0) is 31.0 Å². The number of pyridine rings is 1.